The van der Waals surface area contributed by atoms with Crippen LogP contribution in [0.2, 0.25) is 5.02 Å². The molecule has 0 fully saturated rings. The van der Waals surface area contributed by atoms with Crippen LogP contribution < -0.4 is 16.6 Å². The molecule has 0 aliphatic rings. The first-order valence-corrected chi connectivity index (χ1v) is 7.64. The minimum absolute atomic E-state index is 0.0116. The zero-order valence-electron chi connectivity index (χ0n) is 13.3. The van der Waals surface area contributed by atoms with Crippen molar-refractivity contribution >= 4 is 34.4 Å². The SMILES string of the molecule is CC(NC(=O)O)c1nc2c(Cl)cc(F)cc2c(=O)n1-c1cnc(N)cn1. The molecule has 134 valence electrons. The van der Waals surface area contributed by atoms with Gasteiger partial charge in [0, 0.05) is 0 Å². The van der Waals surface area contributed by atoms with Gasteiger partial charge in [0.1, 0.15) is 17.5 Å². The maximum Gasteiger partial charge on any atom is 0.405 e. The first-order chi connectivity index (χ1) is 12.3. The second kappa shape index (κ2) is 6.56. The molecule has 1 atom stereocenters. The van der Waals surface area contributed by atoms with Gasteiger partial charge in [-0.2, -0.15) is 0 Å². The zero-order chi connectivity index (χ0) is 19.0. The highest BCUT2D eigenvalue weighted by Gasteiger charge is 2.21. The van der Waals surface area contributed by atoms with Crippen LogP contribution in [0.25, 0.3) is 16.7 Å². The molecule has 3 aromatic rings. The second-order valence-corrected chi connectivity index (χ2v) is 5.77. The smallest absolute Gasteiger partial charge is 0.405 e. The van der Waals surface area contributed by atoms with Gasteiger partial charge < -0.3 is 16.2 Å². The number of nitrogens with one attached hydrogen (secondary N) is 1. The van der Waals surface area contributed by atoms with Gasteiger partial charge in [-0.05, 0) is 19.1 Å². The first kappa shape index (κ1) is 17.5. The molecule has 0 bridgehead atoms. The summed E-state index contributed by atoms with van der Waals surface area (Å²) in [5, 5.41) is 11.0. The molecule has 26 heavy (non-hydrogen) atoms. The van der Waals surface area contributed by atoms with E-state index in [1.54, 1.807) is 0 Å². The molecule has 1 unspecified atom stereocenters. The van der Waals surface area contributed by atoms with E-state index in [0.717, 1.165) is 16.7 Å². The normalized spacial score (nSPS) is 12.1. The molecular formula is C15H12ClFN6O3. The van der Waals surface area contributed by atoms with Crippen LogP contribution in [-0.2, 0) is 0 Å². The fourth-order valence-corrected chi connectivity index (χ4v) is 2.69. The van der Waals surface area contributed by atoms with Gasteiger partial charge in [0.15, 0.2) is 5.82 Å². The third-order valence-corrected chi connectivity index (χ3v) is 3.82. The summed E-state index contributed by atoms with van der Waals surface area (Å²) in [6, 6.07) is 1.12. The Balaban J connectivity index is 2.38. The Morgan fingerprint density at radius 3 is 2.73 bits per heavy atom. The number of halogens is 2. The summed E-state index contributed by atoms with van der Waals surface area (Å²) >= 11 is 6.00. The minimum Gasteiger partial charge on any atom is -0.465 e. The van der Waals surface area contributed by atoms with E-state index in [2.05, 4.69) is 20.3 Å². The number of anilines is 1. The number of hydrogen-bond acceptors (Lipinski definition) is 6. The predicted octanol–water partition coefficient (Wildman–Crippen LogP) is 1.88. The van der Waals surface area contributed by atoms with E-state index in [1.165, 1.54) is 19.3 Å². The van der Waals surface area contributed by atoms with Crippen LogP contribution in [0.4, 0.5) is 15.0 Å². The van der Waals surface area contributed by atoms with Crippen LogP contribution in [0.15, 0.2) is 29.3 Å². The molecule has 0 saturated carbocycles. The Kier molecular flexibility index (Phi) is 4.43. The van der Waals surface area contributed by atoms with Crippen LogP contribution >= 0.6 is 11.6 Å². The van der Waals surface area contributed by atoms with E-state index < -0.39 is 23.5 Å². The number of hydrogen-bond donors (Lipinski definition) is 3. The van der Waals surface area contributed by atoms with Crippen molar-refractivity contribution in [2.75, 3.05) is 5.73 Å². The largest absolute Gasteiger partial charge is 0.465 e. The topological polar surface area (TPSA) is 136 Å². The van der Waals surface area contributed by atoms with Crippen molar-refractivity contribution in [3.8, 4) is 5.82 Å². The molecule has 0 aliphatic carbocycles. The van der Waals surface area contributed by atoms with Gasteiger partial charge in [0.2, 0.25) is 0 Å². The van der Waals surface area contributed by atoms with E-state index in [1.807, 2.05) is 0 Å². The van der Waals surface area contributed by atoms with Gasteiger partial charge in [0.05, 0.1) is 34.4 Å². The van der Waals surface area contributed by atoms with Gasteiger partial charge >= 0.3 is 6.09 Å². The highest BCUT2D eigenvalue weighted by atomic mass is 35.5. The van der Waals surface area contributed by atoms with Gasteiger partial charge in [-0.15, -0.1) is 0 Å². The summed E-state index contributed by atoms with van der Waals surface area (Å²) < 4.78 is 14.7. The zero-order valence-corrected chi connectivity index (χ0v) is 14.0. The van der Waals surface area contributed by atoms with E-state index in [-0.39, 0.29) is 33.4 Å². The lowest BCUT2D eigenvalue weighted by Crippen LogP contribution is -2.33. The molecule has 3 rings (SSSR count). The van der Waals surface area contributed by atoms with Crippen molar-refractivity contribution in [1.82, 2.24) is 24.8 Å². The van der Waals surface area contributed by atoms with Crippen molar-refractivity contribution in [1.29, 1.82) is 0 Å². The molecule has 9 nitrogen and oxygen atoms in total. The van der Waals surface area contributed by atoms with Crippen molar-refractivity contribution < 1.29 is 14.3 Å². The summed E-state index contributed by atoms with van der Waals surface area (Å²) in [6.45, 7) is 1.49. The third kappa shape index (κ3) is 3.14. The second-order valence-electron chi connectivity index (χ2n) is 5.36. The first-order valence-electron chi connectivity index (χ1n) is 7.27. The molecule has 11 heteroatoms. The van der Waals surface area contributed by atoms with Crippen molar-refractivity contribution in [2.45, 2.75) is 13.0 Å². The van der Waals surface area contributed by atoms with Crippen LogP contribution in [0.1, 0.15) is 18.8 Å². The Morgan fingerprint density at radius 2 is 2.12 bits per heavy atom. The van der Waals surface area contributed by atoms with Crippen molar-refractivity contribution in [2.24, 2.45) is 0 Å². The van der Waals surface area contributed by atoms with Crippen molar-refractivity contribution in [3.05, 3.63) is 51.5 Å². The van der Waals surface area contributed by atoms with Crippen molar-refractivity contribution in [3.63, 3.8) is 0 Å². The molecule has 0 spiro atoms. The summed E-state index contributed by atoms with van der Waals surface area (Å²) in [7, 11) is 0. The highest BCUT2D eigenvalue weighted by Crippen LogP contribution is 2.24. The van der Waals surface area contributed by atoms with E-state index in [0.29, 0.717) is 0 Å². The number of nitrogens with zero attached hydrogens (tertiary/aromatic N) is 4. The van der Waals surface area contributed by atoms with Crippen LogP contribution in [-0.4, -0.2) is 30.7 Å². The van der Waals surface area contributed by atoms with Crippen LogP contribution in [0, 0.1) is 5.82 Å². The third-order valence-electron chi connectivity index (χ3n) is 3.53. The monoisotopic (exact) mass is 378 g/mol. The number of amides is 1. The maximum atomic E-state index is 13.7. The maximum absolute atomic E-state index is 13.7. The average molecular weight is 379 g/mol. The van der Waals surface area contributed by atoms with Crippen LogP contribution in [0.3, 0.4) is 0 Å². The lowest BCUT2D eigenvalue weighted by atomic mass is 10.2. The molecule has 4 N–H and O–H groups in total. The van der Waals surface area contributed by atoms with E-state index in [9.17, 15) is 14.0 Å². The number of nitrogens with two attached hydrogens (primary N) is 1. The lowest BCUT2D eigenvalue weighted by Gasteiger charge is -2.18. The Morgan fingerprint density at radius 1 is 1.38 bits per heavy atom. The Hall–Kier alpha value is -3.27. The quantitative estimate of drug-likeness (QED) is 0.632. The number of aromatic nitrogens is 4. The van der Waals surface area contributed by atoms with Gasteiger partial charge in [-0.3, -0.25) is 4.79 Å². The molecule has 0 radical (unpaired) electrons. The predicted molar refractivity (Wildman–Crippen MR) is 91.9 cm³/mol. The molecule has 2 aromatic heterocycles. The average Bonchev–Trinajstić information content (AvgIpc) is 2.56. The van der Waals surface area contributed by atoms with E-state index >= 15 is 0 Å². The van der Waals surface area contributed by atoms with Crippen LogP contribution in [0.5, 0.6) is 0 Å². The number of rotatable bonds is 3. The number of benzene rings is 1. The number of carboxylic acid groups (broad SMARTS) is 1. The minimum atomic E-state index is -1.31. The summed E-state index contributed by atoms with van der Waals surface area (Å²) in [4.78, 5) is 36.1. The molecule has 0 aliphatic heterocycles. The lowest BCUT2D eigenvalue weighted by molar-refractivity contribution is 0.190. The molecule has 0 saturated heterocycles. The Bertz CT molecular complexity index is 1070. The van der Waals surface area contributed by atoms with Gasteiger partial charge in [-0.1, -0.05) is 11.6 Å². The number of fused-ring (bicyclic) bond motifs is 1. The molecule has 1 amide bonds. The highest BCUT2D eigenvalue weighted by molar-refractivity contribution is 6.35. The van der Waals surface area contributed by atoms with E-state index in [4.69, 9.17) is 22.4 Å². The number of nitrogen functional groups attached to an aromatic ring is 1. The number of carbonyl (C=O) groups is 1. The standard InChI is InChI=1S/C15H12ClFN6O3/c1-6(21-15(25)26)13-22-12-8(2-7(17)3-9(12)16)14(24)23(13)11-5-19-10(18)4-20-11/h2-6,21H,1H3,(H2,18,19)(H,25,26). The summed E-state index contributed by atoms with van der Waals surface area (Å²) in [6.07, 6.45) is 1.14. The fraction of sp³-hybridized carbons (Fsp3) is 0.133. The molecule has 2 heterocycles. The summed E-state index contributed by atoms with van der Waals surface area (Å²) in [5.74, 6) is -0.519. The van der Waals surface area contributed by atoms with Gasteiger partial charge in [-0.25, -0.2) is 28.7 Å². The summed E-state index contributed by atoms with van der Waals surface area (Å²) in [5.41, 5.74) is 4.87. The molecular weight excluding hydrogens is 367 g/mol. The Labute approximate surface area is 150 Å². The fourth-order valence-electron chi connectivity index (χ4n) is 2.44. The van der Waals surface area contributed by atoms with Gasteiger partial charge in [0.25, 0.3) is 5.56 Å². The molecule has 1 aromatic carbocycles.